The largest absolute Gasteiger partial charge is 0.393 e. The summed E-state index contributed by atoms with van der Waals surface area (Å²) in [5, 5.41) is 9.29. The lowest BCUT2D eigenvalue weighted by atomic mass is 9.92. The van der Waals surface area contributed by atoms with E-state index in [4.69, 9.17) is 9.47 Å². The van der Waals surface area contributed by atoms with Crippen molar-refractivity contribution in [3.8, 4) is 0 Å². The average molecular weight is 174 g/mol. The Bertz CT molecular complexity index is 128. The summed E-state index contributed by atoms with van der Waals surface area (Å²) in [7, 11) is 1.67. The van der Waals surface area contributed by atoms with Crippen LogP contribution in [0.2, 0.25) is 0 Å². The molecule has 0 amide bonds. The third kappa shape index (κ3) is 2.19. The second-order valence-corrected chi connectivity index (χ2v) is 3.28. The van der Waals surface area contributed by atoms with Gasteiger partial charge in [-0.3, -0.25) is 0 Å². The number of aliphatic hydroxyl groups excluding tert-OH is 1. The molecule has 1 aliphatic rings. The SMILES string of the molecule is CCOC1(OC)CCC(O)CC1. The minimum atomic E-state index is -0.409. The van der Waals surface area contributed by atoms with Crippen LogP contribution in [0, 0.1) is 0 Å². The van der Waals surface area contributed by atoms with Crippen molar-refractivity contribution in [1.29, 1.82) is 0 Å². The highest BCUT2D eigenvalue weighted by atomic mass is 16.7. The van der Waals surface area contributed by atoms with Gasteiger partial charge in [0.05, 0.1) is 6.10 Å². The van der Waals surface area contributed by atoms with Crippen LogP contribution in [0.1, 0.15) is 32.6 Å². The zero-order chi connectivity index (χ0) is 9.03. The topological polar surface area (TPSA) is 38.7 Å². The molecular formula is C9H18O3. The molecule has 1 saturated carbocycles. The molecule has 0 aromatic carbocycles. The van der Waals surface area contributed by atoms with Gasteiger partial charge in [0.2, 0.25) is 0 Å². The summed E-state index contributed by atoms with van der Waals surface area (Å²) in [5.74, 6) is -0.409. The molecule has 0 aliphatic heterocycles. The Labute approximate surface area is 73.7 Å². The molecule has 3 heteroatoms. The monoisotopic (exact) mass is 174 g/mol. The van der Waals surface area contributed by atoms with E-state index in [1.807, 2.05) is 6.92 Å². The number of rotatable bonds is 3. The fraction of sp³-hybridized carbons (Fsp3) is 1.00. The predicted octanol–water partition coefficient (Wildman–Crippen LogP) is 1.30. The van der Waals surface area contributed by atoms with Crippen molar-refractivity contribution in [2.24, 2.45) is 0 Å². The highest BCUT2D eigenvalue weighted by Gasteiger charge is 2.35. The molecule has 0 bridgehead atoms. The minimum absolute atomic E-state index is 0.159. The van der Waals surface area contributed by atoms with Crippen LogP contribution in [0.5, 0.6) is 0 Å². The average Bonchev–Trinajstić information content (AvgIpc) is 2.10. The quantitative estimate of drug-likeness (QED) is 0.655. The van der Waals surface area contributed by atoms with E-state index < -0.39 is 5.79 Å². The molecule has 1 fully saturated rings. The molecule has 12 heavy (non-hydrogen) atoms. The molecule has 0 unspecified atom stereocenters. The molecule has 0 heterocycles. The van der Waals surface area contributed by atoms with Crippen molar-refractivity contribution in [2.45, 2.75) is 44.5 Å². The standard InChI is InChI=1S/C9H18O3/c1-3-12-9(11-2)6-4-8(10)5-7-9/h8,10H,3-7H2,1-2H3. The van der Waals surface area contributed by atoms with E-state index in [2.05, 4.69) is 0 Å². The first-order valence-corrected chi connectivity index (χ1v) is 4.59. The zero-order valence-electron chi connectivity index (χ0n) is 7.88. The second kappa shape index (κ2) is 4.21. The van der Waals surface area contributed by atoms with E-state index in [0.717, 1.165) is 25.7 Å². The Morgan fingerprint density at radius 2 is 2.00 bits per heavy atom. The number of hydrogen-bond donors (Lipinski definition) is 1. The van der Waals surface area contributed by atoms with Crippen molar-refractivity contribution in [3.63, 3.8) is 0 Å². The summed E-state index contributed by atoms with van der Waals surface area (Å²) < 4.78 is 10.9. The minimum Gasteiger partial charge on any atom is -0.393 e. The van der Waals surface area contributed by atoms with Gasteiger partial charge in [-0.15, -0.1) is 0 Å². The number of methoxy groups -OCH3 is 1. The Hall–Kier alpha value is -0.120. The third-order valence-corrected chi connectivity index (χ3v) is 2.50. The number of aliphatic hydroxyl groups is 1. The first-order valence-electron chi connectivity index (χ1n) is 4.59. The van der Waals surface area contributed by atoms with Gasteiger partial charge in [0.15, 0.2) is 5.79 Å². The Morgan fingerprint density at radius 3 is 2.42 bits per heavy atom. The van der Waals surface area contributed by atoms with Crippen LogP contribution >= 0.6 is 0 Å². The van der Waals surface area contributed by atoms with Gasteiger partial charge < -0.3 is 14.6 Å². The lowest BCUT2D eigenvalue weighted by Gasteiger charge is -2.37. The smallest absolute Gasteiger partial charge is 0.168 e. The summed E-state index contributed by atoms with van der Waals surface area (Å²) in [6, 6.07) is 0. The van der Waals surface area contributed by atoms with Gasteiger partial charge in [-0.25, -0.2) is 0 Å². The Morgan fingerprint density at radius 1 is 1.42 bits per heavy atom. The lowest BCUT2D eigenvalue weighted by molar-refractivity contribution is -0.243. The fourth-order valence-electron chi connectivity index (χ4n) is 1.71. The van der Waals surface area contributed by atoms with Crippen LogP contribution in [0.3, 0.4) is 0 Å². The van der Waals surface area contributed by atoms with E-state index in [-0.39, 0.29) is 6.10 Å². The second-order valence-electron chi connectivity index (χ2n) is 3.28. The van der Waals surface area contributed by atoms with E-state index in [0.29, 0.717) is 6.61 Å². The summed E-state index contributed by atoms with van der Waals surface area (Å²) in [4.78, 5) is 0. The molecule has 0 radical (unpaired) electrons. The molecule has 0 aromatic heterocycles. The van der Waals surface area contributed by atoms with Crippen molar-refractivity contribution >= 4 is 0 Å². The zero-order valence-corrected chi connectivity index (χ0v) is 7.88. The van der Waals surface area contributed by atoms with Crippen LogP contribution in [0.15, 0.2) is 0 Å². The van der Waals surface area contributed by atoms with Crippen molar-refractivity contribution < 1.29 is 14.6 Å². The van der Waals surface area contributed by atoms with E-state index in [1.165, 1.54) is 0 Å². The summed E-state index contributed by atoms with van der Waals surface area (Å²) in [5.41, 5.74) is 0. The highest BCUT2D eigenvalue weighted by molar-refractivity contribution is 4.79. The molecule has 0 spiro atoms. The van der Waals surface area contributed by atoms with Crippen LogP contribution in [-0.2, 0) is 9.47 Å². The maximum Gasteiger partial charge on any atom is 0.168 e. The van der Waals surface area contributed by atoms with E-state index in [1.54, 1.807) is 7.11 Å². The molecule has 72 valence electrons. The van der Waals surface area contributed by atoms with Gasteiger partial charge in [-0.2, -0.15) is 0 Å². The van der Waals surface area contributed by atoms with Crippen LogP contribution in [0.25, 0.3) is 0 Å². The van der Waals surface area contributed by atoms with Crippen molar-refractivity contribution in [3.05, 3.63) is 0 Å². The van der Waals surface area contributed by atoms with Gasteiger partial charge in [-0.05, 0) is 19.8 Å². The normalized spacial score (nSPS) is 36.8. The molecule has 1 rings (SSSR count). The first kappa shape index (κ1) is 9.96. The maximum absolute atomic E-state index is 9.29. The predicted molar refractivity (Wildman–Crippen MR) is 45.8 cm³/mol. The van der Waals surface area contributed by atoms with Gasteiger partial charge in [0.1, 0.15) is 0 Å². The van der Waals surface area contributed by atoms with Gasteiger partial charge >= 0.3 is 0 Å². The highest BCUT2D eigenvalue weighted by Crippen LogP contribution is 2.32. The fourth-order valence-corrected chi connectivity index (χ4v) is 1.71. The molecular weight excluding hydrogens is 156 g/mol. The summed E-state index contributed by atoms with van der Waals surface area (Å²) in [6.45, 7) is 2.63. The number of hydrogen-bond acceptors (Lipinski definition) is 3. The van der Waals surface area contributed by atoms with Crippen molar-refractivity contribution in [2.75, 3.05) is 13.7 Å². The molecule has 3 nitrogen and oxygen atoms in total. The number of ether oxygens (including phenoxy) is 2. The molecule has 0 saturated heterocycles. The Balaban J connectivity index is 2.45. The molecule has 1 aliphatic carbocycles. The Kier molecular flexibility index (Phi) is 3.50. The van der Waals surface area contributed by atoms with E-state index >= 15 is 0 Å². The third-order valence-electron chi connectivity index (χ3n) is 2.50. The van der Waals surface area contributed by atoms with Crippen LogP contribution in [-0.4, -0.2) is 30.7 Å². The molecule has 0 aromatic rings. The molecule has 1 N–H and O–H groups in total. The lowest BCUT2D eigenvalue weighted by Crippen LogP contribution is -2.40. The van der Waals surface area contributed by atoms with Crippen LogP contribution in [0.4, 0.5) is 0 Å². The molecule has 0 atom stereocenters. The van der Waals surface area contributed by atoms with Gasteiger partial charge in [0, 0.05) is 26.6 Å². The maximum atomic E-state index is 9.29. The van der Waals surface area contributed by atoms with Gasteiger partial charge in [0.25, 0.3) is 0 Å². The summed E-state index contributed by atoms with van der Waals surface area (Å²) in [6.07, 6.45) is 3.02. The first-order chi connectivity index (χ1) is 5.72. The van der Waals surface area contributed by atoms with Gasteiger partial charge in [-0.1, -0.05) is 0 Å². The van der Waals surface area contributed by atoms with Crippen LogP contribution < -0.4 is 0 Å². The van der Waals surface area contributed by atoms with E-state index in [9.17, 15) is 5.11 Å². The summed E-state index contributed by atoms with van der Waals surface area (Å²) >= 11 is 0. The van der Waals surface area contributed by atoms with Crippen molar-refractivity contribution in [1.82, 2.24) is 0 Å².